The topological polar surface area (TPSA) is 333 Å². The van der Waals surface area contributed by atoms with E-state index in [4.69, 9.17) is 51.7 Å². The van der Waals surface area contributed by atoms with Crippen LogP contribution >= 0.6 is 0 Å². The average Bonchev–Trinajstić information content (AvgIpc) is 2.97. The number of amides is 1. The van der Waals surface area contributed by atoms with Gasteiger partial charge in [0, 0.05) is 12.1 Å². The first-order chi connectivity index (χ1) is 20.3. The maximum Gasteiger partial charge on any atom is 0.239 e. The monoisotopic (exact) mass is 626 g/mol. The molecule has 0 aromatic heterocycles. The summed E-state index contributed by atoms with van der Waals surface area (Å²) in [7, 11) is 1.51. The molecule has 18 atom stereocenters. The van der Waals surface area contributed by atoms with Gasteiger partial charge in [-0.1, -0.05) is 0 Å². The molecule has 4 rings (SSSR count). The van der Waals surface area contributed by atoms with Crippen molar-refractivity contribution in [3.63, 3.8) is 0 Å². The predicted octanol–water partition coefficient (Wildman–Crippen LogP) is -8.47. The van der Waals surface area contributed by atoms with Crippen LogP contribution in [0.15, 0.2) is 0 Å². The molecule has 4 fully saturated rings. The van der Waals surface area contributed by atoms with Crippen LogP contribution in [0.1, 0.15) is 12.8 Å². The Morgan fingerprint density at radius 3 is 2.14 bits per heavy atom. The number of aliphatic hydroxyl groups excluding tert-OH is 7. The van der Waals surface area contributed by atoms with Crippen molar-refractivity contribution >= 4 is 5.91 Å². The van der Waals surface area contributed by atoms with Crippen LogP contribution in [0.5, 0.6) is 0 Å². The molecule has 0 aromatic carbocycles. The van der Waals surface area contributed by atoms with Crippen molar-refractivity contribution in [3.05, 3.63) is 0 Å². The molecule has 17 N–H and O–H groups in total. The highest BCUT2D eigenvalue weighted by molar-refractivity contribution is 5.82. The zero-order valence-electron chi connectivity index (χ0n) is 23.6. The molecule has 1 aliphatic carbocycles. The van der Waals surface area contributed by atoms with Crippen LogP contribution < -0.4 is 33.6 Å². The number of ether oxygens (including phenoxy) is 5. The lowest BCUT2D eigenvalue weighted by Crippen LogP contribution is -2.70. The van der Waals surface area contributed by atoms with Crippen LogP contribution in [0, 0.1) is 0 Å². The minimum atomic E-state index is -1.74. The summed E-state index contributed by atoms with van der Waals surface area (Å²) in [6.07, 6.45) is -15.2. The van der Waals surface area contributed by atoms with E-state index < -0.39 is 129 Å². The molecule has 250 valence electrons. The standard InChI is InChI=1S/C24H46N6O13/c1-29-13-16(35)20-10(3-8(27)22(42-20)41-19-7(26)2-6(25)14(33)17(19)36)39-23(13)43-24-18(37)15(34)12(11(5-32)40-24)30-21(38)9(28)4-31/h6-20,22-24,29,31-37H,2-5,25-28H2,1H3,(H,30,38)/t6-,7?,8?,9+,10+,11?,12-,13?,14?,15-,16?,17-,18?,19-,20?,22+,23?,24-/m1/s1. The molecule has 3 heterocycles. The molecule has 0 aromatic rings. The minimum Gasteiger partial charge on any atom is -0.394 e. The maximum atomic E-state index is 12.1. The van der Waals surface area contributed by atoms with Crippen LogP contribution in [0.3, 0.4) is 0 Å². The van der Waals surface area contributed by atoms with Gasteiger partial charge in [-0.05, 0) is 19.9 Å². The third kappa shape index (κ3) is 7.13. The van der Waals surface area contributed by atoms with Gasteiger partial charge < -0.3 is 93.0 Å². The van der Waals surface area contributed by atoms with Gasteiger partial charge in [0.05, 0.1) is 43.5 Å². The molecule has 43 heavy (non-hydrogen) atoms. The summed E-state index contributed by atoms with van der Waals surface area (Å²) in [5.41, 5.74) is 23.7. The Morgan fingerprint density at radius 1 is 0.814 bits per heavy atom. The van der Waals surface area contributed by atoms with Crippen molar-refractivity contribution in [1.29, 1.82) is 0 Å². The van der Waals surface area contributed by atoms with Crippen molar-refractivity contribution in [2.45, 2.75) is 123 Å². The Bertz CT molecular complexity index is 925. The van der Waals surface area contributed by atoms with Crippen molar-refractivity contribution in [3.8, 4) is 0 Å². The largest absolute Gasteiger partial charge is 0.394 e. The van der Waals surface area contributed by atoms with Gasteiger partial charge in [0.15, 0.2) is 18.9 Å². The lowest BCUT2D eigenvalue weighted by atomic mass is 9.84. The fourth-order valence-electron chi connectivity index (χ4n) is 5.96. The van der Waals surface area contributed by atoms with Gasteiger partial charge in [-0.2, -0.15) is 0 Å². The van der Waals surface area contributed by atoms with Crippen LogP contribution in [0.25, 0.3) is 0 Å². The van der Waals surface area contributed by atoms with Gasteiger partial charge >= 0.3 is 0 Å². The molecule has 0 bridgehead atoms. The van der Waals surface area contributed by atoms with Gasteiger partial charge in [-0.25, -0.2) is 0 Å². The van der Waals surface area contributed by atoms with E-state index in [9.17, 15) is 35.4 Å². The number of hydrogen-bond donors (Lipinski definition) is 13. The Morgan fingerprint density at radius 2 is 1.51 bits per heavy atom. The number of carbonyl (C=O) groups excluding carboxylic acids is 1. The van der Waals surface area contributed by atoms with E-state index >= 15 is 0 Å². The number of rotatable bonds is 9. The van der Waals surface area contributed by atoms with Crippen molar-refractivity contribution in [2.24, 2.45) is 22.9 Å². The van der Waals surface area contributed by atoms with E-state index in [0.717, 1.165) is 0 Å². The average molecular weight is 627 g/mol. The van der Waals surface area contributed by atoms with Gasteiger partial charge in [-0.3, -0.25) is 4.79 Å². The quantitative estimate of drug-likeness (QED) is 0.113. The number of carbonyl (C=O) groups is 1. The second kappa shape index (κ2) is 14.5. The van der Waals surface area contributed by atoms with Gasteiger partial charge in [-0.15, -0.1) is 0 Å². The zero-order chi connectivity index (χ0) is 31.7. The van der Waals surface area contributed by atoms with Gasteiger partial charge in [0.1, 0.15) is 48.8 Å². The smallest absolute Gasteiger partial charge is 0.239 e. The fraction of sp³-hybridized carbons (Fsp3) is 0.958. The maximum absolute atomic E-state index is 12.1. The number of hydrogen-bond acceptors (Lipinski definition) is 18. The van der Waals surface area contributed by atoms with E-state index in [1.807, 2.05) is 0 Å². The number of nitrogens with one attached hydrogen (secondary N) is 2. The van der Waals surface area contributed by atoms with E-state index in [1.54, 1.807) is 0 Å². The normalized spacial score (nSPS) is 49.6. The number of nitrogens with two attached hydrogens (primary N) is 4. The highest BCUT2D eigenvalue weighted by Crippen LogP contribution is 2.35. The first kappa shape index (κ1) is 34.7. The molecule has 3 saturated heterocycles. The summed E-state index contributed by atoms with van der Waals surface area (Å²) in [5, 5.41) is 77.6. The molecular weight excluding hydrogens is 580 g/mol. The second-order valence-corrected chi connectivity index (χ2v) is 11.5. The Hall–Kier alpha value is -1.21. The molecule has 4 aliphatic rings. The van der Waals surface area contributed by atoms with E-state index in [0.29, 0.717) is 0 Å². The summed E-state index contributed by atoms with van der Waals surface area (Å²) in [6.45, 7) is -1.36. The molecule has 19 nitrogen and oxygen atoms in total. The van der Waals surface area contributed by atoms with E-state index in [1.165, 1.54) is 7.05 Å². The molecular formula is C24H46N6O13. The number of likely N-dealkylation sites (N-methyl/N-ethyl adjacent to an activating group) is 1. The lowest BCUT2D eigenvalue weighted by molar-refractivity contribution is -0.373. The predicted molar refractivity (Wildman–Crippen MR) is 142 cm³/mol. The first-order valence-corrected chi connectivity index (χ1v) is 14.2. The van der Waals surface area contributed by atoms with E-state index in [2.05, 4.69) is 10.6 Å². The lowest BCUT2D eigenvalue weighted by Gasteiger charge is -2.51. The molecule has 0 radical (unpaired) electrons. The van der Waals surface area contributed by atoms with E-state index in [-0.39, 0.29) is 12.8 Å². The highest BCUT2D eigenvalue weighted by Gasteiger charge is 2.54. The summed E-state index contributed by atoms with van der Waals surface area (Å²) in [4.78, 5) is 12.1. The molecule has 1 amide bonds. The van der Waals surface area contributed by atoms with Crippen LogP contribution in [-0.4, -0.2) is 172 Å². The van der Waals surface area contributed by atoms with Gasteiger partial charge in [0.25, 0.3) is 0 Å². The third-order valence-corrected chi connectivity index (χ3v) is 8.53. The zero-order valence-corrected chi connectivity index (χ0v) is 23.6. The summed E-state index contributed by atoms with van der Waals surface area (Å²) in [5.74, 6) is -0.837. The minimum absolute atomic E-state index is 0.0952. The SMILES string of the molecule is CNC1C(O[C@H]2OC(CO)[C@@H](NC(=O)[C@@H](N)CO)[C@@H](O)C2O)O[C@H]2CC(N)[C@@H](O[C@@H]3C(N)C[C@@H](N)C(O)[C@H]3O)OC2C1O. The Balaban J connectivity index is 1.42. The molecule has 1 saturated carbocycles. The molecule has 0 spiro atoms. The van der Waals surface area contributed by atoms with Gasteiger partial charge in [0.2, 0.25) is 5.91 Å². The van der Waals surface area contributed by atoms with Crippen molar-refractivity contribution in [2.75, 3.05) is 20.3 Å². The number of fused-ring (bicyclic) bond motifs is 1. The highest BCUT2D eigenvalue weighted by atomic mass is 16.8. The fourth-order valence-corrected chi connectivity index (χ4v) is 5.96. The number of aliphatic hydroxyl groups is 7. The Labute approximate surface area is 247 Å². The molecule has 19 heteroatoms. The molecule has 9 unspecified atom stereocenters. The van der Waals surface area contributed by atoms with Crippen molar-refractivity contribution < 1.29 is 64.2 Å². The van der Waals surface area contributed by atoms with Crippen LogP contribution in [-0.2, 0) is 28.5 Å². The second-order valence-electron chi connectivity index (χ2n) is 11.5. The van der Waals surface area contributed by atoms with Crippen LogP contribution in [0.2, 0.25) is 0 Å². The summed E-state index contributed by atoms with van der Waals surface area (Å²) >= 11 is 0. The Kier molecular flexibility index (Phi) is 11.7. The third-order valence-electron chi connectivity index (χ3n) is 8.53. The first-order valence-electron chi connectivity index (χ1n) is 14.2. The molecule has 3 aliphatic heterocycles. The summed E-state index contributed by atoms with van der Waals surface area (Å²) < 4.78 is 29.4. The van der Waals surface area contributed by atoms with Crippen molar-refractivity contribution in [1.82, 2.24) is 10.6 Å². The van der Waals surface area contributed by atoms with Crippen LogP contribution in [0.4, 0.5) is 0 Å². The summed E-state index contributed by atoms with van der Waals surface area (Å²) in [6, 6.07) is -5.83.